The van der Waals surface area contributed by atoms with Crippen LogP contribution in [0, 0.1) is 0 Å². The summed E-state index contributed by atoms with van der Waals surface area (Å²) in [6, 6.07) is 14.3. The fourth-order valence-electron chi connectivity index (χ4n) is 1.96. The van der Waals surface area contributed by atoms with Gasteiger partial charge in [-0.2, -0.15) is 5.10 Å². The highest BCUT2D eigenvalue weighted by Crippen LogP contribution is 2.21. The second-order valence-corrected chi connectivity index (χ2v) is 5.43. The van der Waals surface area contributed by atoms with E-state index >= 15 is 0 Å². The first-order valence-electron chi connectivity index (χ1n) is 6.50. The molecule has 0 bridgehead atoms. The molecule has 0 fully saturated rings. The summed E-state index contributed by atoms with van der Waals surface area (Å²) >= 11 is 12.0. The Kier molecular flexibility index (Phi) is 4.13. The summed E-state index contributed by atoms with van der Waals surface area (Å²) < 4.78 is 1.59. The number of hydrogen-bond donors (Lipinski definition) is 1. The van der Waals surface area contributed by atoms with Crippen molar-refractivity contribution in [2.24, 2.45) is 0 Å². The number of nitrogens with zero attached hydrogens (tertiary/aromatic N) is 2. The standard InChI is InChI=1S/C16H11Cl2N3O/c17-12-4-3-5-13(8-12)21-10-11(9-19-21)16(22)20-15-7-2-1-6-14(15)18/h1-10H,(H,20,22). The Balaban J connectivity index is 1.82. The van der Waals surface area contributed by atoms with E-state index in [-0.39, 0.29) is 5.91 Å². The third kappa shape index (κ3) is 3.13. The van der Waals surface area contributed by atoms with Crippen molar-refractivity contribution in [3.05, 3.63) is 76.5 Å². The fourth-order valence-corrected chi connectivity index (χ4v) is 2.32. The van der Waals surface area contributed by atoms with Crippen LogP contribution in [-0.4, -0.2) is 15.7 Å². The molecule has 0 radical (unpaired) electrons. The van der Waals surface area contributed by atoms with Gasteiger partial charge in [-0.3, -0.25) is 4.79 Å². The maximum atomic E-state index is 12.2. The molecule has 0 unspecified atom stereocenters. The summed E-state index contributed by atoms with van der Waals surface area (Å²) in [6.45, 7) is 0. The number of rotatable bonds is 3. The van der Waals surface area contributed by atoms with E-state index in [1.165, 1.54) is 6.20 Å². The zero-order valence-corrected chi connectivity index (χ0v) is 12.8. The molecule has 4 nitrogen and oxygen atoms in total. The van der Waals surface area contributed by atoms with Crippen molar-refractivity contribution >= 4 is 34.8 Å². The lowest BCUT2D eigenvalue weighted by Gasteiger charge is -2.05. The molecule has 0 saturated carbocycles. The summed E-state index contributed by atoms with van der Waals surface area (Å²) in [5.74, 6) is -0.277. The monoisotopic (exact) mass is 331 g/mol. The van der Waals surface area contributed by atoms with Gasteiger partial charge in [-0.1, -0.05) is 41.4 Å². The lowest BCUT2D eigenvalue weighted by Crippen LogP contribution is -2.11. The van der Waals surface area contributed by atoms with Gasteiger partial charge >= 0.3 is 0 Å². The molecule has 2 aromatic carbocycles. The van der Waals surface area contributed by atoms with Gasteiger partial charge in [0.05, 0.1) is 28.2 Å². The Morgan fingerprint density at radius 1 is 1.09 bits per heavy atom. The van der Waals surface area contributed by atoms with E-state index in [0.717, 1.165) is 5.69 Å². The summed E-state index contributed by atoms with van der Waals surface area (Å²) in [7, 11) is 0. The highest BCUT2D eigenvalue weighted by Gasteiger charge is 2.11. The van der Waals surface area contributed by atoms with Gasteiger partial charge in [0.25, 0.3) is 5.91 Å². The first kappa shape index (κ1) is 14.6. The van der Waals surface area contributed by atoms with Gasteiger partial charge in [-0.05, 0) is 30.3 Å². The number of nitrogens with one attached hydrogen (secondary N) is 1. The van der Waals surface area contributed by atoms with Crippen LogP contribution in [0.5, 0.6) is 0 Å². The molecule has 3 rings (SSSR count). The minimum Gasteiger partial charge on any atom is -0.321 e. The van der Waals surface area contributed by atoms with E-state index in [1.807, 2.05) is 12.1 Å². The Hall–Kier alpha value is -2.30. The normalized spacial score (nSPS) is 10.5. The maximum absolute atomic E-state index is 12.2. The van der Waals surface area contributed by atoms with Crippen molar-refractivity contribution in [1.29, 1.82) is 0 Å². The molecule has 0 atom stereocenters. The van der Waals surface area contributed by atoms with Crippen LogP contribution in [0.2, 0.25) is 10.0 Å². The number of aromatic nitrogens is 2. The summed E-state index contributed by atoms with van der Waals surface area (Å²) in [6.07, 6.45) is 3.13. The number of anilines is 1. The van der Waals surface area contributed by atoms with Crippen LogP contribution in [0.3, 0.4) is 0 Å². The first-order valence-corrected chi connectivity index (χ1v) is 7.25. The number of carbonyl (C=O) groups is 1. The van der Waals surface area contributed by atoms with E-state index in [2.05, 4.69) is 10.4 Å². The molecular formula is C16H11Cl2N3O. The molecule has 1 amide bonds. The van der Waals surface area contributed by atoms with Crippen LogP contribution in [0.25, 0.3) is 5.69 Å². The molecule has 22 heavy (non-hydrogen) atoms. The fraction of sp³-hybridized carbons (Fsp3) is 0. The van der Waals surface area contributed by atoms with Crippen molar-refractivity contribution in [3.63, 3.8) is 0 Å². The van der Waals surface area contributed by atoms with Gasteiger partial charge in [0.15, 0.2) is 0 Å². The molecule has 1 N–H and O–H groups in total. The second-order valence-electron chi connectivity index (χ2n) is 4.59. The molecule has 0 aliphatic heterocycles. The first-order chi connectivity index (χ1) is 10.6. The molecule has 1 aromatic heterocycles. The van der Waals surface area contributed by atoms with Crippen molar-refractivity contribution in [2.75, 3.05) is 5.32 Å². The Morgan fingerprint density at radius 2 is 1.91 bits per heavy atom. The van der Waals surface area contributed by atoms with Crippen molar-refractivity contribution in [2.45, 2.75) is 0 Å². The molecule has 110 valence electrons. The summed E-state index contributed by atoms with van der Waals surface area (Å²) in [5, 5.41) is 8.02. The molecule has 1 heterocycles. The predicted molar refractivity (Wildman–Crippen MR) is 88.0 cm³/mol. The topological polar surface area (TPSA) is 46.9 Å². The Labute approximate surface area is 137 Å². The second kappa shape index (κ2) is 6.22. The van der Waals surface area contributed by atoms with E-state index < -0.39 is 0 Å². The average Bonchev–Trinajstić information content (AvgIpc) is 2.99. The minimum atomic E-state index is -0.277. The van der Waals surface area contributed by atoms with Crippen LogP contribution < -0.4 is 5.32 Å². The summed E-state index contributed by atoms with van der Waals surface area (Å²) in [4.78, 5) is 12.2. The van der Waals surface area contributed by atoms with Crippen LogP contribution in [-0.2, 0) is 0 Å². The number of amides is 1. The number of carbonyl (C=O) groups excluding carboxylic acids is 1. The van der Waals surface area contributed by atoms with Gasteiger partial charge in [-0.25, -0.2) is 4.68 Å². The number of hydrogen-bond acceptors (Lipinski definition) is 2. The SMILES string of the molecule is O=C(Nc1ccccc1Cl)c1cnn(-c2cccc(Cl)c2)c1. The van der Waals surface area contributed by atoms with Gasteiger partial charge in [0.1, 0.15) is 0 Å². The number of halogens is 2. The van der Waals surface area contributed by atoms with Gasteiger partial charge in [-0.15, -0.1) is 0 Å². The summed E-state index contributed by atoms with van der Waals surface area (Å²) in [5.41, 5.74) is 1.77. The lowest BCUT2D eigenvalue weighted by molar-refractivity contribution is 0.102. The lowest BCUT2D eigenvalue weighted by atomic mass is 10.3. The molecule has 3 aromatic rings. The zero-order valence-electron chi connectivity index (χ0n) is 11.3. The van der Waals surface area contributed by atoms with Crippen LogP contribution >= 0.6 is 23.2 Å². The number of benzene rings is 2. The molecular weight excluding hydrogens is 321 g/mol. The third-order valence-corrected chi connectivity index (χ3v) is 3.60. The van der Waals surface area contributed by atoms with E-state index in [9.17, 15) is 4.79 Å². The highest BCUT2D eigenvalue weighted by molar-refractivity contribution is 6.33. The minimum absolute atomic E-state index is 0.277. The predicted octanol–water partition coefficient (Wildman–Crippen LogP) is 4.43. The quantitative estimate of drug-likeness (QED) is 0.771. The van der Waals surface area contributed by atoms with Crippen molar-refractivity contribution in [1.82, 2.24) is 9.78 Å². The van der Waals surface area contributed by atoms with Crippen LogP contribution in [0.15, 0.2) is 60.9 Å². The van der Waals surface area contributed by atoms with E-state index in [4.69, 9.17) is 23.2 Å². The maximum Gasteiger partial charge on any atom is 0.258 e. The Morgan fingerprint density at radius 3 is 2.68 bits per heavy atom. The molecule has 0 aliphatic carbocycles. The van der Waals surface area contributed by atoms with Crippen molar-refractivity contribution < 1.29 is 4.79 Å². The molecule has 0 spiro atoms. The van der Waals surface area contributed by atoms with E-state index in [0.29, 0.717) is 21.3 Å². The highest BCUT2D eigenvalue weighted by atomic mass is 35.5. The van der Waals surface area contributed by atoms with Crippen molar-refractivity contribution in [3.8, 4) is 5.69 Å². The largest absolute Gasteiger partial charge is 0.321 e. The van der Waals surface area contributed by atoms with Gasteiger partial charge in [0.2, 0.25) is 0 Å². The number of para-hydroxylation sites is 1. The van der Waals surface area contributed by atoms with Gasteiger partial charge < -0.3 is 5.32 Å². The Bertz CT molecular complexity index is 830. The van der Waals surface area contributed by atoms with Gasteiger partial charge in [0, 0.05) is 11.2 Å². The smallest absolute Gasteiger partial charge is 0.258 e. The third-order valence-electron chi connectivity index (χ3n) is 3.04. The van der Waals surface area contributed by atoms with E-state index in [1.54, 1.807) is 47.3 Å². The molecule has 0 aliphatic rings. The van der Waals surface area contributed by atoms with Crippen LogP contribution in [0.1, 0.15) is 10.4 Å². The molecule has 6 heteroatoms. The van der Waals surface area contributed by atoms with Crippen LogP contribution in [0.4, 0.5) is 5.69 Å². The zero-order chi connectivity index (χ0) is 15.5. The average molecular weight is 332 g/mol. The molecule has 0 saturated heterocycles.